The quantitative estimate of drug-likeness (QED) is 0.935. The predicted molar refractivity (Wildman–Crippen MR) is 78.9 cm³/mol. The molecule has 0 saturated heterocycles. The molecule has 2 aromatic carbocycles. The van der Waals surface area contributed by atoms with Gasteiger partial charge in [-0.15, -0.1) is 0 Å². The summed E-state index contributed by atoms with van der Waals surface area (Å²) in [6.07, 6.45) is 0. The first-order valence-corrected chi connectivity index (χ1v) is 6.41. The first-order chi connectivity index (χ1) is 10.0. The smallest absolute Gasteiger partial charge is 0.255 e. The molecule has 0 fully saturated rings. The van der Waals surface area contributed by atoms with Crippen LogP contribution in [-0.2, 0) is 0 Å². The second-order valence-electron chi connectivity index (χ2n) is 4.15. The van der Waals surface area contributed by atoms with Crippen molar-refractivity contribution in [1.29, 1.82) is 0 Å². The van der Waals surface area contributed by atoms with Crippen LogP contribution < -0.4 is 14.8 Å². The summed E-state index contributed by atoms with van der Waals surface area (Å²) in [5.74, 6) is 0.0700. The fraction of sp³-hybridized carbons (Fsp3) is 0.133. The van der Waals surface area contributed by atoms with Crippen molar-refractivity contribution in [2.45, 2.75) is 0 Å². The third-order valence-electron chi connectivity index (χ3n) is 2.82. The molecule has 4 nitrogen and oxygen atoms in total. The van der Waals surface area contributed by atoms with Crippen LogP contribution in [0.2, 0.25) is 5.02 Å². The molecular formula is C15H13ClFNO3. The lowest BCUT2D eigenvalue weighted by Crippen LogP contribution is -2.12. The molecule has 0 unspecified atom stereocenters. The Morgan fingerprint density at radius 1 is 1.10 bits per heavy atom. The molecule has 0 atom stereocenters. The molecule has 2 aromatic rings. The summed E-state index contributed by atoms with van der Waals surface area (Å²) < 4.78 is 23.3. The van der Waals surface area contributed by atoms with Gasteiger partial charge in [-0.25, -0.2) is 4.39 Å². The summed E-state index contributed by atoms with van der Waals surface area (Å²) in [5, 5.41) is 2.57. The van der Waals surface area contributed by atoms with Gasteiger partial charge in [0.2, 0.25) is 0 Å². The number of anilines is 1. The number of amides is 1. The van der Waals surface area contributed by atoms with Crippen LogP contribution in [0.1, 0.15) is 10.4 Å². The number of rotatable bonds is 4. The zero-order chi connectivity index (χ0) is 15.4. The zero-order valence-corrected chi connectivity index (χ0v) is 12.2. The van der Waals surface area contributed by atoms with Crippen LogP contribution in [-0.4, -0.2) is 20.1 Å². The van der Waals surface area contributed by atoms with Crippen molar-refractivity contribution < 1.29 is 18.7 Å². The van der Waals surface area contributed by atoms with Gasteiger partial charge in [-0.3, -0.25) is 4.79 Å². The van der Waals surface area contributed by atoms with Gasteiger partial charge in [0, 0.05) is 11.3 Å². The molecule has 0 saturated carbocycles. The third-order valence-corrected chi connectivity index (χ3v) is 3.11. The molecule has 0 aliphatic rings. The van der Waals surface area contributed by atoms with Crippen molar-refractivity contribution in [2.75, 3.05) is 19.5 Å². The van der Waals surface area contributed by atoms with Gasteiger partial charge in [0.15, 0.2) is 11.5 Å². The standard InChI is InChI=1S/C15H13ClFNO3/c1-20-13-6-3-9(7-14(13)21-2)15(19)18-10-4-5-12(17)11(16)8-10/h3-8H,1-2H3,(H,18,19). The second kappa shape index (κ2) is 6.45. The van der Waals surface area contributed by atoms with Gasteiger partial charge in [0.05, 0.1) is 19.2 Å². The van der Waals surface area contributed by atoms with Gasteiger partial charge < -0.3 is 14.8 Å². The lowest BCUT2D eigenvalue weighted by molar-refractivity contribution is 0.102. The van der Waals surface area contributed by atoms with E-state index < -0.39 is 5.82 Å². The molecule has 0 aliphatic carbocycles. The van der Waals surface area contributed by atoms with Crippen molar-refractivity contribution in [3.63, 3.8) is 0 Å². The number of hydrogen-bond acceptors (Lipinski definition) is 3. The summed E-state index contributed by atoms with van der Waals surface area (Å²) in [5.41, 5.74) is 0.786. The molecule has 0 bridgehead atoms. The molecule has 0 heterocycles. The number of halogens is 2. The number of nitrogens with one attached hydrogen (secondary N) is 1. The largest absolute Gasteiger partial charge is 0.493 e. The van der Waals surface area contributed by atoms with Crippen LogP contribution in [0, 0.1) is 5.82 Å². The Bertz CT molecular complexity index is 676. The Morgan fingerprint density at radius 3 is 2.43 bits per heavy atom. The lowest BCUT2D eigenvalue weighted by Gasteiger charge is -2.10. The van der Waals surface area contributed by atoms with Crippen LogP contribution in [0.5, 0.6) is 11.5 Å². The van der Waals surface area contributed by atoms with Crippen molar-refractivity contribution in [2.24, 2.45) is 0 Å². The Balaban J connectivity index is 2.21. The Kier molecular flexibility index (Phi) is 4.65. The van der Waals surface area contributed by atoms with Gasteiger partial charge in [-0.2, -0.15) is 0 Å². The SMILES string of the molecule is COc1ccc(C(=O)Nc2ccc(F)c(Cl)c2)cc1OC. The second-order valence-corrected chi connectivity index (χ2v) is 4.56. The number of methoxy groups -OCH3 is 2. The van der Waals surface area contributed by atoms with Gasteiger partial charge in [0.1, 0.15) is 5.82 Å². The van der Waals surface area contributed by atoms with E-state index in [9.17, 15) is 9.18 Å². The van der Waals surface area contributed by atoms with Gasteiger partial charge >= 0.3 is 0 Å². The Hall–Kier alpha value is -2.27. The van der Waals surface area contributed by atoms with Gasteiger partial charge in [-0.1, -0.05) is 11.6 Å². The maximum Gasteiger partial charge on any atom is 0.255 e. The van der Waals surface area contributed by atoms with Crippen LogP contribution in [0.15, 0.2) is 36.4 Å². The lowest BCUT2D eigenvalue weighted by atomic mass is 10.2. The van der Waals surface area contributed by atoms with Crippen molar-refractivity contribution >= 4 is 23.2 Å². The fourth-order valence-electron chi connectivity index (χ4n) is 1.75. The summed E-state index contributed by atoms with van der Waals surface area (Å²) in [4.78, 5) is 12.1. The summed E-state index contributed by atoms with van der Waals surface area (Å²) in [7, 11) is 3.00. The molecule has 6 heteroatoms. The average Bonchev–Trinajstić information content (AvgIpc) is 2.50. The van der Waals surface area contributed by atoms with Gasteiger partial charge in [0.25, 0.3) is 5.91 Å². The highest BCUT2D eigenvalue weighted by Gasteiger charge is 2.11. The van der Waals surface area contributed by atoms with Crippen LogP contribution >= 0.6 is 11.6 Å². The van der Waals surface area contributed by atoms with Gasteiger partial charge in [-0.05, 0) is 36.4 Å². The third kappa shape index (κ3) is 3.44. The van der Waals surface area contributed by atoms with E-state index in [2.05, 4.69) is 5.32 Å². The maximum absolute atomic E-state index is 13.1. The Morgan fingerprint density at radius 2 is 1.81 bits per heavy atom. The number of carbonyl (C=O) groups excluding carboxylic acids is 1. The highest BCUT2D eigenvalue weighted by molar-refractivity contribution is 6.31. The van der Waals surface area contributed by atoms with Crippen molar-refractivity contribution in [3.8, 4) is 11.5 Å². The van der Waals surface area contributed by atoms with E-state index >= 15 is 0 Å². The van der Waals surface area contributed by atoms with E-state index in [1.165, 1.54) is 32.4 Å². The summed E-state index contributed by atoms with van der Waals surface area (Å²) in [6, 6.07) is 8.74. The number of carbonyl (C=O) groups is 1. The molecular weight excluding hydrogens is 297 g/mol. The molecule has 1 amide bonds. The van der Waals surface area contributed by atoms with E-state index in [0.717, 1.165) is 0 Å². The molecule has 0 aliphatic heterocycles. The fourth-order valence-corrected chi connectivity index (χ4v) is 1.94. The minimum absolute atomic E-state index is 0.0555. The summed E-state index contributed by atoms with van der Waals surface area (Å²) in [6.45, 7) is 0. The highest BCUT2D eigenvalue weighted by Crippen LogP contribution is 2.28. The zero-order valence-electron chi connectivity index (χ0n) is 11.4. The van der Waals surface area contributed by atoms with E-state index in [1.54, 1.807) is 18.2 Å². The van der Waals surface area contributed by atoms with E-state index in [4.69, 9.17) is 21.1 Å². The maximum atomic E-state index is 13.1. The number of ether oxygens (including phenoxy) is 2. The predicted octanol–water partition coefficient (Wildman–Crippen LogP) is 3.75. The van der Waals surface area contributed by atoms with Crippen molar-refractivity contribution in [3.05, 3.63) is 52.8 Å². The van der Waals surface area contributed by atoms with Crippen LogP contribution in [0.3, 0.4) is 0 Å². The molecule has 0 aromatic heterocycles. The van der Waals surface area contributed by atoms with Crippen LogP contribution in [0.25, 0.3) is 0 Å². The monoisotopic (exact) mass is 309 g/mol. The molecule has 2 rings (SSSR count). The number of benzene rings is 2. The average molecular weight is 310 g/mol. The van der Waals surface area contributed by atoms with E-state index in [0.29, 0.717) is 22.7 Å². The molecule has 21 heavy (non-hydrogen) atoms. The van der Waals surface area contributed by atoms with Crippen LogP contribution in [0.4, 0.5) is 10.1 Å². The normalized spacial score (nSPS) is 10.1. The van der Waals surface area contributed by atoms with E-state index in [1.807, 2.05) is 0 Å². The number of hydrogen-bond donors (Lipinski definition) is 1. The minimum Gasteiger partial charge on any atom is -0.493 e. The first kappa shape index (κ1) is 15.1. The van der Waals surface area contributed by atoms with E-state index in [-0.39, 0.29) is 10.9 Å². The highest BCUT2D eigenvalue weighted by atomic mass is 35.5. The minimum atomic E-state index is -0.541. The molecule has 1 N–H and O–H groups in total. The summed E-state index contributed by atoms with van der Waals surface area (Å²) >= 11 is 5.67. The van der Waals surface area contributed by atoms with Crippen molar-refractivity contribution in [1.82, 2.24) is 0 Å². The molecule has 110 valence electrons. The molecule has 0 radical (unpaired) electrons. The first-order valence-electron chi connectivity index (χ1n) is 6.03. The Labute approximate surface area is 126 Å². The molecule has 0 spiro atoms. The topological polar surface area (TPSA) is 47.6 Å².